The molecule has 1 atom stereocenters. The van der Waals surface area contributed by atoms with Gasteiger partial charge in [0.1, 0.15) is 6.04 Å². The van der Waals surface area contributed by atoms with Crippen LogP contribution in [-0.4, -0.2) is 67.4 Å². The SMILES string of the molecule is CC(C)CC1C(=O)NCCN1S(=O)(=O)N1CCOC(C)(C)C1. The fraction of sp³-hybridized carbons (Fsp3) is 0.929. The van der Waals surface area contributed by atoms with Crippen LogP contribution in [0.1, 0.15) is 34.1 Å². The van der Waals surface area contributed by atoms with E-state index in [1.807, 2.05) is 27.7 Å². The number of hydrogen-bond acceptors (Lipinski definition) is 4. The molecule has 128 valence electrons. The van der Waals surface area contributed by atoms with Crippen LogP contribution < -0.4 is 5.32 Å². The second-order valence-electron chi connectivity index (χ2n) is 7.00. The van der Waals surface area contributed by atoms with E-state index in [9.17, 15) is 13.2 Å². The van der Waals surface area contributed by atoms with Gasteiger partial charge < -0.3 is 10.1 Å². The van der Waals surface area contributed by atoms with E-state index in [4.69, 9.17) is 4.74 Å². The van der Waals surface area contributed by atoms with E-state index in [2.05, 4.69) is 5.32 Å². The van der Waals surface area contributed by atoms with Gasteiger partial charge in [0.15, 0.2) is 0 Å². The van der Waals surface area contributed by atoms with Gasteiger partial charge in [-0.3, -0.25) is 4.79 Å². The summed E-state index contributed by atoms with van der Waals surface area (Å²) >= 11 is 0. The van der Waals surface area contributed by atoms with Crippen molar-refractivity contribution < 1.29 is 17.9 Å². The van der Waals surface area contributed by atoms with Gasteiger partial charge in [-0.05, 0) is 26.2 Å². The quantitative estimate of drug-likeness (QED) is 0.796. The molecule has 2 aliphatic heterocycles. The lowest BCUT2D eigenvalue weighted by atomic mass is 10.0. The lowest BCUT2D eigenvalue weighted by Gasteiger charge is -2.42. The van der Waals surface area contributed by atoms with E-state index in [0.717, 1.165) is 0 Å². The molecule has 2 rings (SSSR count). The Balaban J connectivity index is 2.23. The van der Waals surface area contributed by atoms with Crippen LogP contribution in [-0.2, 0) is 19.7 Å². The smallest absolute Gasteiger partial charge is 0.282 e. The molecule has 2 aliphatic rings. The summed E-state index contributed by atoms with van der Waals surface area (Å²) in [6, 6.07) is -0.621. The highest BCUT2D eigenvalue weighted by Gasteiger charge is 2.43. The number of nitrogens with zero attached hydrogens (tertiary/aromatic N) is 2. The third-order valence-electron chi connectivity index (χ3n) is 3.99. The van der Waals surface area contributed by atoms with Crippen molar-refractivity contribution in [2.45, 2.75) is 45.8 Å². The molecule has 1 amide bonds. The first kappa shape index (κ1) is 17.7. The molecule has 2 saturated heterocycles. The second-order valence-corrected chi connectivity index (χ2v) is 8.88. The van der Waals surface area contributed by atoms with Crippen molar-refractivity contribution in [3.8, 4) is 0 Å². The lowest BCUT2D eigenvalue weighted by Crippen LogP contribution is -2.62. The summed E-state index contributed by atoms with van der Waals surface area (Å²) in [5.74, 6) is 0.0451. The second kappa shape index (κ2) is 6.43. The number of rotatable bonds is 4. The molecule has 0 saturated carbocycles. The molecular weight excluding hydrogens is 306 g/mol. The predicted octanol–water partition coefficient (Wildman–Crippen LogP) is 0.189. The Hall–Kier alpha value is -0.700. The summed E-state index contributed by atoms with van der Waals surface area (Å²) in [7, 11) is -3.66. The average molecular weight is 333 g/mol. The number of morpholine rings is 1. The first-order valence-corrected chi connectivity index (χ1v) is 9.22. The summed E-state index contributed by atoms with van der Waals surface area (Å²) in [6.45, 7) is 9.44. The molecule has 7 nitrogen and oxygen atoms in total. The number of carbonyl (C=O) groups is 1. The van der Waals surface area contributed by atoms with Crippen LogP contribution in [0.5, 0.6) is 0 Å². The highest BCUT2D eigenvalue weighted by atomic mass is 32.2. The Morgan fingerprint density at radius 3 is 2.64 bits per heavy atom. The molecule has 0 radical (unpaired) electrons. The maximum absolute atomic E-state index is 13.0. The van der Waals surface area contributed by atoms with Gasteiger partial charge in [-0.1, -0.05) is 13.8 Å². The maximum atomic E-state index is 13.0. The van der Waals surface area contributed by atoms with E-state index < -0.39 is 21.9 Å². The molecule has 0 aromatic carbocycles. The zero-order valence-corrected chi connectivity index (χ0v) is 14.6. The number of piperazine rings is 1. The minimum absolute atomic E-state index is 0.198. The molecule has 2 heterocycles. The van der Waals surface area contributed by atoms with Gasteiger partial charge in [0.05, 0.1) is 12.2 Å². The molecule has 0 aromatic heterocycles. The van der Waals surface area contributed by atoms with Gasteiger partial charge in [0, 0.05) is 26.2 Å². The van der Waals surface area contributed by atoms with Crippen molar-refractivity contribution in [3.63, 3.8) is 0 Å². The van der Waals surface area contributed by atoms with E-state index in [0.29, 0.717) is 39.2 Å². The predicted molar refractivity (Wildman–Crippen MR) is 83.5 cm³/mol. The van der Waals surface area contributed by atoms with E-state index in [1.165, 1.54) is 8.61 Å². The van der Waals surface area contributed by atoms with Crippen LogP contribution in [0.4, 0.5) is 0 Å². The van der Waals surface area contributed by atoms with Gasteiger partial charge in [-0.25, -0.2) is 0 Å². The van der Waals surface area contributed by atoms with Crippen molar-refractivity contribution in [1.82, 2.24) is 13.9 Å². The Bertz CT molecular complexity index is 518. The topological polar surface area (TPSA) is 79.0 Å². The van der Waals surface area contributed by atoms with Crippen LogP contribution in [0.3, 0.4) is 0 Å². The lowest BCUT2D eigenvalue weighted by molar-refractivity contribution is -0.127. The third-order valence-corrected chi connectivity index (χ3v) is 5.98. The molecule has 22 heavy (non-hydrogen) atoms. The number of amides is 1. The number of nitrogens with one attached hydrogen (secondary N) is 1. The van der Waals surface area contributed by atoms with Crippen LogP contribution in [0.2, 0.25) is 0 Å². The molecule has 8 heteroatoms. The standard InChI is InChI=1S/C14H27N3O4S/c1-11(2)9-12-13(18)15-5-6-17(12)22(19,20)16-7-8-21-14(3,4)10-16/h11-12H,5-10H2,1-4H3,(H,15,18). The highest BCUT2D eigenvalue weighted by molar-refractivity contribution is 7.86. The summed E-state index contributed by atoms with van der Waals surface area (Å²) in [6.07, 6.45) is 0.527. The molecule has 0 spiro atoms. The molecule has 0 aliphatic carbocycles. The van der Waals surface area contributed by atoms with Gasteiger partial charge in [-0.2, -0.15) is 17.0 Å². The minimum Gasteiger partial charge on any atom is -0.373 e. The number of hydrogen-bond donors (Lipinski definition) is 1. The van der Waals surface area contributed by atoms with Crippen molar-refractivity contribution >= 4 is 16.1 Å². The molecule has 0 bridgehead atoms. The van der Waals surface area contributed by atoms with Gasteiger partial charge in [0.25, 0.3) is 10.2 Å². The van der Waals surface area contributed by atoms with Crippen LogP contribution in [0, 0.1) is 5.92 Å². The molecule has 0 aromatic rings. The Morgan fingerprint density at radius 1 is 1.36 bits per heavy atom. The summed E-state index contributed by atoms with van der Waals surface area (Å²) in [5, 5.41) is 2.77. The minimum atomic E-state index is -3.66. The van der Waals surface area contributed by atoms with Crippen molar-refractivity contribution in [1.29, 1.82) is 0 Å². The third kappa shape index (κ3) is 3.79. The fourth-order valence-corrected chi connectivity index (χ4v) is 4.86. The molecule has 2 fully saturated rings. The molecule has 1 unspecified atom stereocenters. The zero-order chi connectivity index (χ0) is 16.5. The first-order valence-electron chi connectivity index (χ1n) is 7.82. The van der Waals surface area contributed by atoms with Gasteiger partial charge >= 0.3 is 0 Å². The van der Waals surface area contributed by atoms with Crippen molar-refractivity contribution in [3.05, 3.63) is 0 Å². The zero-order valence-electron chi connectivity index (χ0n) is 13.8. The maximum Gasteiger partial charge on any atom is 0.282 e. The summed E-state index contributed by atoms with van der Waals surface area (Å²) < 4.78 is 34.4. The Kier molecular flexibility index (Phi) is 5.16. The number of carbonyl (C=O) groups excluding carboxylic acids is 1. The molecule has 1 N–H and O–H groups in total. The summed E-state index contributed by atoms with van der Waals surface area (Å²) in [5.41, 5.74) is -0.503. The Labute approximate surface area is 133 Å². The van der Waals surface area contributed by atoms with Crippen molar-refractivity contribution in [2.24, 2.45) is 5.92 Å². The van der Waals surface area contributed by atoms with Crippen LogP contribution in [0.15, 0.2) is 0 Å². The fourth-order valence-electron chi connectivity index (χ4n) is 2.96. The Morgan fingerprint density at radius 2 is 2.05 bits per heavy atom. The summed E-state index contributed by atoms with van der Waals surface area (Å²) in [4.78, 5) is 12.1. The molecular formula is C14H27N3O4S. The monoisotopic (exact) mass is 333 g/mol. The van der Waals surface area contributed by atoms with Gasteiger partial charge in [-0.15, -0.1) is 0 Å². The first-order chi connectivity index (χ1) is 10.1. The highest BCUT2D eigenvalue weighted by Crippen LogP contribution is 2.25. The normalized spacial score (nSPS) is 27.9. The van der Waals surface area contributed by atoms with Crippen molar-refractivity contribution in [2.75, 3.05) is 32.8 Å². The van der Waals surface area contributed by atoms with E-state index >= 15 is 0 Å². The van der Waals surface area contributed by atoms with E-state index in [1.54, 1.807) is 0 Å². The largest absolute Gasteiger partial charge is 0.373 e. The van der Waals surface area contributed by atoms with Crippen LogP contribution in [0.25, 0.3) is 0 Å². The average Bonchev–Trinajstić information content (AvgIpc) is 2.39. The van der Waals surface area contributed by atoms with E-state index in [-0.39, 0.29) is 11.8 Å². The van der Waals surface area contributed by atoms with Crippen LogP contribution >= 0.6 is 0 Å². The van der Waals surface area contributed by atoms with Gasteiger partial charge in [0.2, 0.25) is 5.91 Å². The number of ether oxygens (including phenoxy) is 1.